The standard InChI is InChI=1S/C24H25FN6O3/c1-14-8-20(25)19(24(34)30-17-3-4-17)9-18(14)16(10-26)11-28-22-12-29-21-5-2-15(13-31(21)22)23(33)27-6-7-32/h2,5,8-13,17,32H,3-4,6-7,26H2,1H3,(H,27,33)(H,30,34). The minimum atomic E-state index is -0.596. The third kappa shape index (κ3) is 4.96. The molecule has 2 amide bonds. The minimum Gasteiger partial charge on any atom is -0.404 e. The molecule has 0 saturated heterocycles. The van der Waals surface area contributed by atoms with Crippen LogP contribution in [0.15, 0.2) is 47.9 Å². The highest BCUT2D eigenvalue weighted by Gasteiger charge is 2.25. The van der Waals surface area contributed by atoms with Crippen LogP contribution in [-0.4, -0.2) is 51.7 Å². The minimum absolute atomic E-state index is 0.0476. The van der Waals surface area contributed by atoms with E-state index in [-0.39, 0.29) is 30.7 Å². The summed E-state index contributed by atoms with van der Waals surface area (Å²) in [5, 5.41) is 14.3. The Labute approximate surface area is 195 Å². The number of hydrogen-bond acceptors (Lipinski definition) is 6. The number of aromatic nitrogens is 2. The topological polar surface area (TPSA) is 134 Å². The summed E-state index contributed by atoms with van der Waals surface area (Å²) in [5.41, 5.74) is 8.43. The Balaban J connectivity index is 1.62. The monoisotopic (exact) mass is 464 g/mol. The number of aliphatic imine (C=N–C) groups is 1. The molecule has 0 spiro atoms. The Morgan fingerprint density at radius 3 is 2.79 bits per heavy atom. The molecule has 2 heterocycles. The molecule has 0 unspecified atom stereocenters. The van der Waals surface area contributed by atoms with Gasteiger partial charge >= 0.3 is 0 Å². The SMILES string of the molecule is Cc1cc(F)c(C(=O)NC2CC2)cc1C(C=Nc1cnc2ccc(C(=O)NCCO)cn12)=CN. The molecule has 0 aliphatic heterocycles. The van der Waals surface area contributed by atoms with Gasteiger partial charge in [0.2, 0.25) is 0 Å². The Hall–Kier alpha value is -4.05. The fraction of sp³-hybridized carbons (Fsp3) is 0.250. The van der Waals surface area contributed by atoms with E-state index in [2.05, 4.69) is 20.6 Å². The van der Waals surface area contributed by atoms with Gasteiger partial charge in [-0.05, 0) is 55.2 Å². The number of carbonyl (C=O) groups is 2. The third-order valence-corrected chi connectivity index (χ3v) is 5.44. The van der Waals surface area contributed by atoms with Gasteiger partial charge in [-0.25, -0.2) is 14.4 Å². The van der Waals surface area contributed by atoms with Crippen LogP contribution in [0, 0.1) is 12.7 Å². The molecule has 176 valence electrons. The number of pyridine rings is 1. The number of imidazole rings is 1. The lowest BCUT2D eigenvalue weighted by atomic mass is 9.98. The number of aryl methyl sites for hydroxylation is 1. The van der Waals surface area contributed by atoms with Crippen LogP contribution in [-0.2, 0) is 0 Å². The van der Waals surface area contributed by atoms with E-state index in [0.29, 0.717) is 33.7 Å². The summed E-state index contributed by atoms with van der Waals surface area (Å²) in [6.45, 7) is 1.72. The average molecular weight is 465 g/mol. The molecule has 5 N–H and O–H groups in total. The highest BCUT2D eigenvalue weighted by atomic mass is 19.1. The number of halogens is 1. The maximum Gasteiger partial charge on any atom is 0.254 e. The Morgan fingerprint density at radius 2 is 2.09 bits per heavy atom. The largest absolute Gasteiger partial charge is 0.404 e. The first-order chi connectivity index (χ1) is 16.4. The number of nitrogens with one attached hydrogen (secondary N) is 2. The molecule has 1 aliphatic carbocycles. The number of aliphatic hydroxyl groups is 1. The number of rotatable bonds is 8. The molecular weight excluding hydrogens is 439 g/mol. The summed E-state index contributed by atoms with van der Waals surface area (Å²) in [7, 11) is 0. The van der Waals surface area contributed by atoms with Gasteiger partial charge in [0.15, 0.2) is 5.82 Å². The zero-order valence-corrected chi connectivity index (χ0v) is 18.6. The molecule has 1 fully saturated rings. The van der Waals surface area contributed by atoms with Gasteiger partial charge in [0.05, 0.1) is 23.9 Å². The van der Waals surface area contributed by atoms with Gasteiger partial charge in [0.1, 0.15) is 11.5 Å². The zero-order chi connectivity index (χ0) is 24.2. The second-order valence-corrected chi connectivity index (χ2v) is 8.02. The van der Waals surface area contributed by atoms with Crippen LogP contribution in [0.25, 0.3) is 11.2 Å². The fourth-order valence-electron chi connectivity index (χ4n) is 3.46. The van der Waals surface area contributed by atoms with Crippen LogP contribution in [0.4, 0.5) is 10.2 Å². The van der Waals surface area contributed by atoms with Gasteiger partial charge in [0.25, 0.3) is 11.8 Å². The highest BCUT2D eigenvalue weighted by molar-refractivity contribution is 6.11. The number of amides is 2. The number of allylic oxidation sites excluding steroid dienone is 1. The van der Waals surface area contributed by atoms with E-state index >= 15 is 0 Å². The van der Waals surface area contributed by atoms with Gasteiger partial charge in [-0.3, -0.25) is 14.0 Å². The number of carbonyl (C=O) groups excluding carboxylic acids is 2. The van der Waals surface area contributed by atoms with E-state index < -0.39 is 11.7 Å². The number of nitrogens with two attached hydrogens (primary N) is 1. The van der Waals surface area contributed by atoms with Crippen molar-refractivity contribution in [3.05, 3.63) is 70.9 Å². The van der Waals surface area contributed by atoms with Crippen molar-refractivity contribution < 1.29 is 19.1 Å². The van der Waals surface area contributed by atoms with E-state index in [9.17, 15) is 14.0 Å². The van der Waals surface area contributed by atoms with Crippen molar-refractivity contribution in [1.29, 1.82) is 0 Å². The second-order valence-electron chi connectivity index (χ2n) is 8.02. The first kappa shape index (κ1) is 23.1. The van der Waals surface area contributed by atoms with Crippen molar-refractivity contribution in [2.24, 2.45) is 10.7 Å². The average Bonchev–Trinajstić information content (AvgIpc) is 3.55. The molecule has 1 saturated carbocycles. The van der Waals surface area contributed by atoms with Crippen LogP contribution in [0.3, 0.4) is 0 Å². The van der Waals surface area contributed by atoms with Gasteiger partial charge in [-0.15, -0.1) is 0 Å². The number of benzene rings is 1. The summed E-state index contributed by atoms with van der Waals surface area (Å²) in [4.78, 5) is 33.4. The number of hydrogen-bond donors (Lipinski definition) is 4. The van der Waals surface area contributed by atoms with Gasteiger partial charge in [-0.2, -0.15) is 0 Å². The maximum absolute atomic E-state index is 14.5. The highest BCUT2D eigenvalue weighted by Crippen LogP contribution is 2.25. The zero-order valence-electron chi connectivity index (χ0n) is 18.6. The lowest BCUT2D eigenvalue weighted by Crippen LogP contribution is -2.26. The summed E-state index contributed by atoms with van der Waals surface area (Å²) in [5.74, 6) is -0.941. The lowest BCUT2D eigenvalue weighted by molar-refractivity contribution is 0.0937. The van der Waals surface area contributed by atoms with E-state index in [0.717, 1.165) is 12.8 Å². The molecule has 10 heteroatoms. The predicted molar refractivity (Wildman–Crippen MR) is 127 cm³/mol. The summed E-state index contributed by atoms with van der Waals surface area (Å²) in [6, 6.07) is 6.20. The van der Waals surface area contributed by atoms with Crippen LogP contribution in [0.2, 0.25) is 0 Å². The van der Waals surface area contributed by atoms with E-state index in [1.54, 1.807) is 35.9 Å². The van der Waals surface area contributed by atoms with Crippen LogP contribution in [0.5, 0.6) is 0 Å². The number of fused-ring (bicyclic) bond motifs is 1. The first-order valence-corrected chi connectivity index (χ1v) is 10.8. The van der Waals surface area contributed by atoms with Gasteiger partial charge in [-0.1, -0.05) is 0 Å². The summed E-state index contributed by atoms with van der Waals surface area (Å²) in [6.07, 6.45) is 7.78. The fourth-order valence-corrected chi connectivity index (χ4v) is 3.46. The molecule has 3 aromatic rings. The van der Waals surface area contributed by atoms with Gasteiger partial charge < -0.3 is 21.5 Å². The van der Waals surface area contributed by atoms with Crippen molar-refractivity contribution in [1.82, 2.24) is 20.0 Å². The smallest absolute Gasteiger partial charge is 0.254 e. The Morgan fingerprint density at radius 1 is 1.29 bits per heavy atom. The van der Waals surface area contributed by atoms with Crippen molar-refractivity contribution >= 4 is 35.1 Å². The third-order valence-electron chi connectivity index (χ3n) is 5.44. The van der Waals surface area contributed by atoms with E-state index in [4.69, 9.17) is 10.8 Å². The van der Waals surface area contributed by atoms with Crippen molar-refractivity contribution in [2.45, 2.75) is 25.8 Å². The molecular formula is C24H25FN6O3. The Bertz CT molecular complexity index is 1310. The van der Waals surface area contributed by atoms with Crippen LogP contribution in [0.1, 0.15) is 44.7 Å². The van der Waals surface area contributed by atoms with E-state index in [1.165, 1.54) is 24.5 Å². The summed E-state index contributed by atoms with van der Waals surface area (Å²) < 4.78 is 16.1. The van der Waals surface area contributed by atoms with Crippen molar-refractivity contribution in [3.8, 4) is 0 Å². The number of nitrogens with zero attached hydrogens (tertiary/aromatic N) is 3. The normalized spacial score (nSPS) is 14.0. The molecule has 9 nitrogen and oxygen atoms in total. The van der Waals surface area contributed by atoms with Crippen molar-refractivity contribution in [2.75, 3.05) is 13.2 Å². The van der Waals surface area contributed by atoms with E-state index in [1.807, 2.05) is 0 Å². The maximum atomic E-state index is 14.5. The molecule has 34 heavy (non-hydrogen) atoms. The Kier molecular flexibility index (Phi) is 6.69. The quantitative estimate of drug-likeness (QED) is 0.379. The van der Waals surface area contributed by atoms with Crippen LogP contribution < -0.4 is 16.4 Å². The molecule has 2 aromatic heterocycles. The first-order valence-electron chi connectivity index (χ1n) is 10.8. The molecule has 1 aromatic carbocycles. The second kappa shape index (κ2) is 9.84. The molecule has 0 bridgehead atoms. The molecule has 0 radical (unpaired) electrons. The van der Waals surface area contributed by atoms with Crippen molar-refractivity contribution in [3.63, 3.8) is 0 Å². The summed E-state index contributed by atoms with van der Waals surface area (Å²) >= 11 is 0. The molecule has 0 atom stereocenters. The van der Waals surface area contributed by atoms with Crippen LogP contribution >= 0.6 is 0 Å². The number of aliphatic hydroxyl groups excluding tert-OH is 1. The molecule has 1 aliphatic rings. The molecule has 4 rings (SSSR count). The predicted octanol–water partition coefficient (Wildman–Crippen LogP) is 2.10. The van der Waals surface area contributed by atoms with Gasteiger partial charge in [0, 0.05) is 36.8 Å². The lowest BCUT2D eigenvalue weighted by Gasteiger charge is -2.11.